The van der Waals surface area contributed by atoms with Crippen molar-refractivity contribution in [1.82, 2.24) is 9.55 Å². The van der Waals surface area contributed by atoms with Crippen LogP contribution in [0.4, 0.5) is 0 Å². The van der Waals surface area contributed by atoms with Crippen molar-refractivity contribution in [3.05, 3.63) is 52.3 Å². The SMILES string of the molecule is COc1ccc(-n2c(CCl)nc3ccc(Cl)cc32)cc1Cl. The molecule has 0 fully saturated rings. The molecular formula is C15H11Cl3N2O. The number of ether oxygens (including phenoxy) is 1. The van der Waals surface area contributed by atoms with E-state index in [-0.39, 0.29) is 5.88 Å². The van der Waals surface area contributed by atoms with Gasteiger partial charge in [0.05, 0.1) is 29.0 Å². The smallest absolute Gasteiger partial charge is 0.137 e. The minimum Gasteiger partial charge on any atom is -0.495 e. The fourth-order valence-corrected chi connectivity index (χ4v) is 2.87. The molecule has 0 aliphatic rings. The topological polar surface area (TPSA) is 27.1 Å². The Morgan fingerprint density at radius 3 is 2.62 bits per heavy atom. The first-order chi connectivity index (χ1) is 10.1. The molecule has 0 aliphatic heterocycles. The maximum absolute atomic E-state index is 6.21. The minimum atomic E-state index is 0.288. The molecule has 0 radical (unpaired) electrons. The number of halogens is 3. The molecule has 0 N–H and O–H groups in total. The van der Waals surface area contributed by atoms with E-state index in [0.717, 1.165) is 22.5 Å². The largest absolute Gasteiger partial charge is 0.495 e. The minimum absolute atomic E-state index is 0.288. The molecule has 3 aromatic rings. The van der Waals surface area contributed by atoms with Crippen LogP contribution in [0.3, 0.4) is 0 Å². The summed E-state index contributed by atoms with van der Waals surface area (Å²) in [6, 6.07) is 11.1. The lowest BCUT2D eigenvalue weighted by Gasteiger charge is -2.10. The van der Waals surface area contributed by atoms with Gasteiger partial charge in [0.25, 0.3) is 0 Å². The molecule has 0 unspecified atom stereocenters. The summed E-state index contributed by atoms with van der Waals surface area (Å²) in [6.07, 6.45) is 0. The van der Waals surface area contributed by atoms with Crippen LogP contribution in [0.5, 0.6) is 5.75 Å². The van der Waals surface area contributed by atoms with Gasteiger partial charge >= 0.3 is 0 Å². The molecule has 1 aromatic heterocycles. The van der Waals surface area contributed by atoms with Crippen LogP contribution in [0, 0.1) is 0 Å². The molecular weight excluding hydrogens is 331 g/mol. The van der Waals surface area contributed by atoms with E-state index in [0.29, 0.717) is 15.8 Å². The van der Waals surface area contributed by atoms with Crippen LogP contribution in [-0.2, 0) is 5.88 Å². The van der Waals surface area contributed by atoms with Gasteiger partial charge in [-0.15, -0.1) is 11.6 Å². The summed E-state index contributed by atoms with van der Waals surface area (Å²) in [5.74, 6) is 1.64. The highest BCUT2D eigenvalue weighted by atomic mass is 35.5. The lowest BCUT2D eigenvalue weighted by molar-refractivity contribution is 0.415. The third-order valence-electron chi connectivity index (χ3n) is 3.20. The van der Waals surface area contributed by atoms with E-state index in [4.69, 9.17) is 39.5 Å². The molecule has 0 spiro atoms. The molecule has 21 heavy (non-hydrogen) atoms. The van der Waals surface area contributed by atoms with Crippen molar-refractivity contribution in [1.29, 1.82) is 0 Å². The Bertz CT molecular complexity index is 814. The van der Waals surface area contributed by atoms with Crippen LogP contribution in [0.1, 0.15) is 5.82 Å². The molecule has 6 heteroatoms. The normalized spacial score (nSPS) is 11.0. The molecule has 0 bridgehead atoms. The van der Waals surface area contributed by atoms with Crippen LogP contribution in [-0.4, -0.2) is 16.7 Å². The van der Waals surface area contributed by atoms with Gasteiger partial charge in [0, 0.05) is 10.7 Å². The molecule has 0 amide bonds. The Hall–Kier alpha value is -1.42. The molecule has 0 saturated carbocycles. The average Bonchev–Trinajstić information content (AvgIpc) is 2.84. The number of hydrogen-bond donors (Lipinski definition) is 0. The molecule has 0 aliphatic carbocycles. The lowest BCUT2D eigenvalue weighted by atomic mass is 10.2. The zero-order valence-corrected chi connectivity index (χ0v) is 13.4. The average molecular weight is 342 g/mol. The molecule has 1 heterocycles. The van der Waals surface area contributed by atoms with Crippen LogP contribution in [0.15, 0.2) is 36.4 Å². The Balaban J connectivity index is 2.27. The molecule has 3 rings (SSSR count). The molecule has 0 atom stereocenters. The Kier molecular flexibility index (Phi) is 3.98. The predicted octanol–water partition coefficient (Wildman–Crippen LogP) is 5.08. The highest BCUT2D eigenvalue weighted by Gasteiger charge is 2.13. The van der Waals surface area contributed by atoms with Crippen molar-refractivity contribution in [2.75, 3.05) is 7.11 Å². The van der Waals surface area contributed by atoms with Crippen molar-refractivity contribution in [3.63, 3.8) is 0 Å². The van der Waals surface area contributed by atoms with Crippen LogP contribution < -0.4 is 4.74 Å². The van der Waals surface area contributed by atoms with E-state index >= 15 is 0 Å². The first kappa shape index (κ1) is 14.5. The third-order valence-corrected chi connectivity index (χ3v) is 3.97. The summed E-state index contributed by atoms with van der Waals surface area (Å²) < 4.78 is 7.12. The molecule has 3 nitrogen and oxygen atoms in total. The molecule has 0 saturated heterocycles. The Morgan fingerprint density at radius 1 is 1.14 bits per heavy atom. The van der Waals surface area contributed by atoms with E-state index in [2.05, 4.69) is 4.98 Å². The Labute approximate surface area is 137 Å². The summed E-state index contributed by atoms with van der Waals surface area (Å²) >= 11 is 18.3. The standard InChI is InChI=1S/C15H11Cl3N2O/c1-21-14-5-3-10(7-11(14)18)20-13-6-9(17)2-4-12(13)19-15(20)8-16/h2-7H,8H2,1H3. The number of alkyl halides is 1. The number of aromatic nitrogens is 2. The van der Waals surface area contributed by atoms with Crippen molar-refractivity contribution < 1.29 is 4.74 Å². The van der Waals surface area contributed by atoms with E-state index in [1.807, 2.05) is 34.9 Å². The van der Waals surface area contributed by atoms with E-state index in [9.17, 15) is 0 Å². The zero-order chi connectivity index (χ0) is 15.0. The first-order valence-electron chi connectivity index (χ1n) is 6.21. The maximum Gasteiger partial charge on any atom is 0.137 e. The van der Waals surface area contributed by atoms with Crippen molar-refractivity contribution in [3.8, 4) is 11.4 Å². The fourth-order valence-electron chi connectivity index (χ4n) is 2.27. The van der Waals surface area contributed by atoms with Gasteiger partial charge in [-0.1, -0.05) is 23.2 Å². The number of benzene rings is 2. The monoisotopic (exact) mass is 340 g/mol. The van der Waals surface area contributed by atoms with Gasteiger partial charge in [0.15, 0.2) is 0 Å². The highest BCUT2D eigenvalue weighted by molar-refractivity contribution is 6.32. The van der Waals surface area contributed by atoms with Crippen molar-refractivity contribution in [2.24, 2.45) is 0 Å². The van der Waals surface area contributed by atoms with Gasteiger partial charge in [-0.05, 0) is 36.4 Å². The second kappa shape index (κ2) is 5.76. The van der Waals surface area contributed by atoms with Crippen LogP contribution in [0.2, 0.25) is 10.0 Å². The van der Waals surface area contributed by atoms with Crippen molar-refractivity contribution in [2.45, 2.75) is 5.88 Å². The van der Waals surface area contributed by atoms with E-state index in [1.54, 1.807) is 13.2 Å². The van der Waals surface area contributed by atoms with Gasteiger partial charge in [0.1, 0.15) is 11.6 Å². The predicted molar refractivity (Wildman–Crippen MR) is 87.2 cm³/mol. The summed E-state index contributed by atoms with van der Waals surface area (Å²) in [5.41, 5.74) is 2.59. The summed E-state index contributed by atoms with van der Waals surface area (Å²) in [6.45, 7) is 0. The van der Waals surface area contributed by atoms with Gasteiger partial charge < -0.3 is 4.74 Å². The summed E-state index contributed by atoms with van der Waals surface area (Å²) in [7, 11) is 1.58. The van der Waals surface area contributed by atoms with E-state index in [1.165, 1.54) is 0 Å². The Morgan fingerprint density at radius 2 is 1.95 bits per heavy atom. The quantitative estimate of drug-likeness (QED) is 0.621. The summed E-state index contributed by atoms with van der Waals surface area (Å²) in [4.78, 5) is 4.52. The van der Waals surface area contributed by atoms with Gasteiger partial charge in [-0.2, -0.15) is 0 Å². The van der Waals surface area contributed by atoms with E-state index < -0.39 is 0 Å². The van der Waals surface area contributed by atoms with Crippen LogP contribution >= 0.6 is 34.8 Å². The third kappa shape index (κ3) is 2.57. The second-order valence-electron chi connectivity index (χ2n) is 4.45. The maximum atomic E-state index is 6.21. The fraction of sp³-hybridized carbons (Fsp3) is 0.133. The number of methoxy groups -OCH3 is 1. The van der Waals surface area contributed by atoms with Crippen LogP contribution in [0.25, 0.3) is 16.7 Å². The van der Waals surface area contributed by atoms with Gasteiger partial charge in [-0.25, -0.2) is 4.98 Å². The summed E-state index contributed by atoms with van der Waals surface area (Å²) in [5, 5.41) is 1.17. The molecule has 108 valence electrons. The van der Waals surface area contributed by atoms with Gasteiger partial charge in [0.2, 0.25) is 0 Å². The van der Waals surface area contributed by atoms with Gasteiger partial charge in [-0.3, -0.25) is 4.57 Å². The number of nitrogens with zero attached hydrogens (tertiary/aromatic N) is 2. The number of imidazole rings is 1. The first-order valence-corrected chi connectivity index (χ1v) is 7.50. The number of hydrogen-bond acceptors (Lipinski definition) is 2. The van der Waals surface area contributed by atoms with Crippen molar-refractivity contribution >= 4 is 45.8 Å². The highest BCUT2D eigenvalue weighted by Crippen LogP contribution is 2.30. The zero-order valence-electron chi connectivity index (χ0n) is 11.1. The number of rotatable bonds is 3. The second-order valence-corrected chi connectivity index (χ2v) is 5.56. The molecule has 2 aromatic carbocycles. The number of fused-ring (bicyclic) bond motifs is 1. The lowest BCUT2D eigenvalue weighted by Crippen LogP contribution is -1.99.